The molecule has 0 amide bonds. The van der Waals surface area contributed by atoms with Crippen molar-refractivity contribution in [2.24, 2.45) is 5.92 Å². The first-order valence-corrected chi connectivity index (χ1v) is 9.18. The molecule has 0 radical (unpaired) electrons. The SMILES string of the molecule is CC(C)NCc1cc(Cl)cc(S(=O)(=O)NC2CC2C)c1Cl. The molecule has 21 heavy (non-hydrogen) atoms. The van der Waals surface area contributed by atoms with Gasteiger partial charge in [0.05, 0.1) is 5.02 Å². The zero-order valence-corrected chi connectivity index (χ0v) is 14.6. The molecule has 0 saturated heterocycles. The smallest absolute Gasteiger partial charge is 0.242 e. The normalized spacial score (nSPS) is 21.8. The van der Waals surface area contributed by atoms with Gasteiger partial charge < -0.3 is 5.32 Å². The minimum atomic E-state index is -3.64. The molecule has 1 aliphatic carbocycles. The summed E-state index contributed by atoms with van der Waals surface area (Å²) in [5.74, 6) is 0.375. The van der Waals surface area contributed by atoms with Gasteiger partial charge in [-0.15, -0.1) is 0 Å². The van der Waals surface area contributed by atoms with Crippen molar-refractivity contribution in [3.63, 3.8) is 0 Å². The Labute approximate surface area is 136 Å². The molecule has 0 spiro atoms. The molecule has 2 N–H and O–H groups in total. The molecule has 0 aliphatic heterocycles. The fourth-order valence-corrected chi connectivity index (χ4v) is 4.29. The average molecular weight is 351 g/mol. The van der Waals surface area contributed by atoms with Crippen LogP contribution in [0.2, 0.25) is 10.0 Å². The Kier molecular flexibility index (Phi) is 5.21. The Morgan fingerprint density at radius 3 is 2.48 bits per heavy atom. The number of benzene rings is 1. The molecule has 7 heteroatoms. The third-order valence-corrected chi connectivity index (χ3v) is 5.78. The van der Waals surface area contributed by atoms with E-state index in [0.29, 0.717) is 23.0 Å². The number of hydrogen-bond acceptors (Lipinski definition) is 3. The van der Waals surface area contributed by atoms with Crippen LogP contribution in [0.3, 0.4) is 0 Å². The lowest BCUT2D eigenvalue weighted by Gasteiger charge is -2.14. The Balaban J connectivity index is 2.30. The fourth-order valence-electron chi connectivity index (χ4n) is 2.01. The standard InChI is InChI=1S/C14H20Cl2N2O2S/c1-8(2)17-7-10-5-11(15)6-13(14(10)16)21(19,20)18-12-4-9(12)3/h5-6,8-9,12,17-18H,4,7H2,1-3H3. The Morgan fingerprint density at radius 2 is 1.95 bits per heavy atom. The van der Waals surface area contributed by atoms with Gasteiger partial charge in [0.25, 0.3) is 0 Å². The van der Waals surface area contributed by atoms with Gasteiger partial charge in [0, 0.05) is 23.7 Å². The predicted molar refractivity (Wildman–Crippen MR) is 86.3 cm³/mol. The summed E-state index contributed by atoms with van der Waals surface area (Å²) in [6.45, 7) is 6.49. The maximum atomic E-state index is 12.4. The van der Waals surface area contributed by atoms with E-state index >= 15 is 0 Å². The van der Waals surface area contributed by atoms with Crippen molar-refractivity contribution in [3.05, 3.63) is 27.7 Å². The first-order chi connectivity index (χ1) is 9.70. The van der Waals surface area contributed by atoms with Gasteiger partial charge in [0.1, 0.15) is 4.90 Å². The number of sulfonamides is 1. The van der Waals surface area contributed by atoms with Crippen LogP contribution in [0.1, 0.15) is 32.8 Å². The van der Waals surface area contributed by atoms with Crippen LogP contribution in [0.15, 0.2) is 17.0 Å². The highest BCUT2D eigenvalue weighted by Crippen LogP contribution is 2.34. The molecule has 2 rings (SSSR count). The molecular formula is C14H20Cl2N2O2S. The van der Waals surface area contributed by atoms with Gasteiger partial charge in [-0.1, -0.05) is 44.0 Å². The lowest BCUT2D eigenvalue weighted by Crippen LogP contribution is -2.28. The summed E-state index contributed by atoms with van der Waals surface area (Å²) in [7, 11) is -3.64. The molecule has 1 aliphatic rings. The van der Waals surface area contributed by atoms with Crippen molar-refractivity contribution >= 4 is 33.2 Å². The van der Waals surface area contributed by atoms with Crippen molar-refractivity contribution in [1.82, 2.24) is 10.0 Å². The monoisotopic (exact) mass is 350 g/mol. The topological polar surface area (TPSA) is 58.2 Å². The third kappa shape index (κ3) is 4.33. The first-order valence-electron chi connectivity index (χ1n) is 6.94. The molecule has 1 fully saturated rings. The first kappa shape index (κ1) is 17.0. The van der Waals surface area contributed by atoms with E-state index in [-0.39, 0.29) is 22.0 Å². The summed E-state index contributed by atoms with van der Waals surface area (Å²) < 4.78 is 27.5. The highest BCUT2D eigenvalue weighted by molar-refractivity contribution is 7.89. The van der Waals surface area contributed by atoms with Crippen molar-refractivity contribution in [2.75, 3.05) is 0 Å². The fraction of sp³-hybridized carbons (Fsp3) is 0.571. The number of rotatable bonds is 6. The third-order valence-electron chi connectivity index (χ3n) is 3.49. The largest absolute Gasteiger partial charge is 0.310 e. The Bertz CT molecular complexity index is 632. The van der Waals surface area contributed by atoms with E-state index in [9.17, 15) is 8.42 Å². The van der Waals surface area contributed by atoms with Crippen LogP contribution in [0.25, 0.3) is 0 Å². The van der Waals surface area contributed by atoms with Crippen LogP contribution in [0.4, 0.5) is 0 Å². The van der Waals surface area contributed by atoms with Gasteiger partial charge in [-0.05, 0) is 30.0 Å². The van der Waals surface area contributed by atoms with E-state index in [2.05, 4.69) is 10.0 Å². The van der Waals surface area contributed by atoms with Crippen LogP contribution in [-0.4, -0.2) is 20.5 Å². The average Bonchev–Trinajstić information content (AvgIpc) is 3.04. The van der Waals surface area contributed by atoms with Crippen LogP contribution < -0.4 is 10.0 Å². The number of halogens is 2. The minimum absolute atomic E-state index is 0.00212. The van der Waals surface area contributed by atoms with Crippen LogP contribution in [0, 0.1) is 5.92 Å². The molecule has 2 atom stereocenters. The van der Waals surface area contributed by atoms with Crippen LogP contribution in [-0.2, 0) is 16.6 Å². The molecule has 2 unspecified atom stereocenters. The summed E-state index contributed by atoms with van der Waals surface area (Å²) >= 11 is 12.3. The zero-order valence-electron chi connectivity index (χ0n) is 12.3. The summed E-state index contributed by atoms with van der Waals surface area (Å²) in [5, 5.41) is 3.81. The molecule has 118 valence electrons. The molecule has 4 nitrogen and oxygen atoms in total. The molecule has 0 heterocycles. The van der Waals surface area contributed by atoms with Crippen molar-refractivity contribution < 1.29 is 8.42 Å². The molecular weight excluding hydrogens is 331 g/mol. The number of hydrogen-bond donors (Lipinski definition) is 2. The molecule has 1 aromatic rings. The van der Waals surface area contributed by atoms with Gasteiger partial charge in [-0.2, -0.15) is 0 Å². The van der Waals surface area contributed by atoms with E-state index in [1.807, 2.05) is 20.8 Å². The summed E-state index contributed by atoms with van der Waals surface area (Å²) in [4.78, 5) is 0.0522. The molecule has 0 bridgehead atoms. The maximum Gasteiger partial charge on any atom is 0.242 e. The second-order valence-electron chi connectivity index (χ2n) is 5.85. The lowest BCUT2D eigenvalue weighted by atomic mass is 10.2. The van der Waals surface area contributed by atoms with E-state index in [1.165, 1.54) is 6.07 Å². The molecule has 1 saturated carbocycles. The summed E-state index contributed by atoms with van der Waals surface area (Å²) in [6, 6.07) is 3.36. The predicted octanol–water partition coefficient (Wildman–Crippen LogP) is 3.18. The van der Waals surface area contributed by atoms with Crippen molar-refractivity contribution in [2.45, 2.75) is 50.7 Å². The number of nitrogens with one attached hydrogen (secondary N) is 2. The second kappa shape index (κ2) is 6.42. The highest BCUT2D eigenvalue weighted by atomic mass is 35.5. The van der Waals surface area contributed by atoms with E-state index in [4.69, 9.17) is 23.2 Å². The second-order valence-corrected chi connectivity index (χ2v) is 8.35. The minimum Gasteiger partial charge on any atom is -0.310 e. The quantitative estimate of drug-likeness (QED) is 0.828. The Morgan fingerprint density at radius 1 is 1.33 bits per heavy atom. The summed E-state index contributed by atoms with van der Waals surface area (Å²) in [6.07, 6.45) is 0.860. The van der Waals surface area contributed by atoms with E-state index in [1.54, 1.807) is 6.07 Å². The van der Waals surface area contributed by atoms with Crippen molar-refractivity contribution in [3.8, 4) is 0 Å². The molecule has 0 aromatic heterocycles. The lowest BCUT2D eigenvalue weighted by molar-refractivity contribution is 0.576. The molecule has 1 aromatic carbocycles. The highest BCUT2D eigenvalue weighted by Gasteiger charge is 2.37. The summed E-state index contributed by atoms with van der Waals surface area (Å²) in [5.41, 5.74) is 0.682. The Hall–Kier alpha value is -0.330. The van der Waals surface area contributed by atoms with E-state index in [0.717, 1.165) is 6.42 Å². The van der Waals surface area contributed by atoms with Crippen LogP contribution in [0.5, 0.6) is 0 Å². The van der Waals surface area contributed by atoms with Gasteiger partial charge in [-0.25, -0.2) is 13.1 Å². The zero-order chi connectivity index (χ0) is 15.8. The van der Waals surface area contributed by atoms with Gasteiger partial charge in [0.15, 0.2) is 0 Å². The van der Waals surface area contributed by atoms with E-state index < -0.39 is 10.0 Å². The van der Waals surface area contributed by atoms with Gasteiger partial charge >= 0.3 is 0 Å². The maximum absolute atomic E-state index is 12.4. The van der Waals surface area contributed by atoms with Crippen LogP contribution >= 0.6 is 23.2 Å². The van der Waals surface area contributed by atoms with Crippen molar-refractivity contribution in [1.29, 1.82) is 0 Å². The van der Waals surface area contributed by atoms with Gasteiger partial charge in [-0.3, -0.25) is 0 Å². The van der Waals surface area contributed by atoms with Gasteiger partial charge in [0.2, 0.25) is 10.0 Å².